The van der Waals surface area contributed by atoms with Crippen LogP contribution in [0.25, 0.3) is 0 Å². The zero-order valence-electron chi connectivity index (χ0n) is 10.1. The molecule has 6 heteroatoms. The van der Waals surface area contributed by atoms with E-state index in [4.69, 9.17) is 0 Å². The molecule has 0 saturated heterocycles. The number of hydrogen-bond acceptors (Lipinski definition) is 4. The van der Waals surface area contributed by atoms with Crippen molar-refractivity contribution in [3.8, 4) is 0 Å². The Kier molecular flexibility index (Phi) is 4.25. The van der Waals surface area contributed by atoms with Gasteiger partial charge in [-0.1, -0.05) is 31.0 Å². The molecule has 1 aromatic rings. The third-order valence-corrected chi connectivity index (χ3v) is 5.65. The largest absolute Gasteiger partial charge is 0.343 e. The van der Waals surface area contributed by atoms with Crippen LogP contribution < -0.4 is 5.69 Å². The van der Waals surface area contributed by atoms with Gasteiger partial charge in [-0.2, -0.15) is 12.6 Å². The lowest BCUT2D eigenvalue weighted by atomic mass is 9.77. The van der Waals surface area contributed by atoms with E-state index in [-0.39, 0.29) is 5.69 Å². The molecule has 1 N–H and O–H groups in total. The minimum atomic E-state index is -0.143. The molecule has 0 aliphatic heterocycles. The fourth-order valence-electron chi connectivity index (χ4n) is 2.33. The molecule has 96 valence electrons. The minimum Gasteiger partial charge on any atom is -0.273 e. The van der Waals surface area contributed by atoms with Crippen molar-refractivity contribution in [2.75, 3.05) is 11.5 Å². The van der Waals surface area contributed by atoms with Gasteiger partial charge in [-0.15, -0.1) is 5.10 Å². The van der Waals surface area contributed by atoms with Gasteiger partial charge in [0, 0.05) is 12.8 Å². The predicted molar refractivity (Wildman–Crippen MR) is 73.9 cm³/mol. The van der Waals surface area contributed by atoms with Crippen LogP contribution in [-0.2, 0) is 7.05 Å². The highest BCUT2D eigenvalue weighted by molar-refractivity contribution is 7.99. The van der Waals surface area contributed by atoms with Crippen LogP contribution in [0.2, 0.25) is 0 Å². The number of thiol groups is 1. The van der Waals surface area contributed by atoms with Crippen LogP contribution in [-0.4, -0.2) is 26.3 Å². The zero-order valence-corrected chi connectivity index (χ0v) is 11.8. The van der Waals surface area contributed by atoms with E-state index in [9.17, 15) is 4.79 Å². The maximum absolute atomic E-state index is 11.3. The van der Waals surface area contributed by atoms with Crippen LogP contribution in [0.1, 0.15) is 32.1 Å². The quantitative estimate of drug-likeness (QED) is 0.652. The summed E-state index contributed by atoms with van der Waals surface area (Å²) < 4.78 is 1.57. The van der Waals surface area contributed by atoms with Gasteiger partial charge in [0.1, 0.15) is 0 Å². The molecule has 0 bridgehead atoms. The van der Waals surface area contributed by atoms with Gasteiger partial charge in [-0.05, 0) is 24.0 Å². The molecule has 1 aromatic heterocycles. The van der Waals surface area contributed by atoms with Gasteiger partial charge in [0.2, 0.25) is 0 Å². The number of rotatable bonds is 4. The molecular formula is C11H19N3OS2. The topological polar surface area (TPSA) is 50.7 Å². The summed E-state index contributed by atoms with van der Waals surface area (Å²) >= 11 is 6.19. The van der Waals surface area contributed by atoms with Crippen LogP contribution in [0, 0.1) is 5.41 Å². The van der Waals surface area contributed by atoms with Crippen LogP contribution in [0.3, 0.4) is 0 Å². The number of H-pyrrole nitrogens is 1. The van der Waals surface area contributed by atoms with Crippen molar-refractivity contribution in [1.82, 2.24) is 14.8 Å². The predicted octanol–water partition coefficient (Wildman–Crippen LogP) is 2.08. The molecule has 0 atom stereocenters. The summed E-state index contributed by atoms with van der Waals surface area (Å²) in [5, 5.41) is 7.28. The van der Waals surface area contributed by atoms with E-state index in [1.807, 2.05) is 0 Å². The molecule has 0 spiro atoms. The zero-order chi connectivity index (χ0) is 12.3. The van der Waals surface area contributed by atoms with Crippen molar-refractivity contribution >= 4 is 24.4 Å². The van der Waals surface area contributed by atoms with Gasteiger partial charge >= 0.3 is 5.69 Å². The molecular weight excluding hydrogens is 254 g/mol. The molecule has 0 radical (unpaired) electrons. The Bertz CT molecular complexity index is 421. The Morgan fingerprint density at radius 3 is 2.71 bits per heavy atom. The molecule has 2 rings (SSSR count). The maximum Gasteiger partial charge on any atom is 0.343 e. The molecule has 4 nitrogen and oxygen atoms in total. The van der Waals surface area contributed by atoms with Gasteiger partial charge in [0.05, 0.1) is 0 Å². The standard InChI is InChI=1S/C11H19N3OS2/c1-14-9(15)12-13-10(14)17-8-11(7-16)5-3-2-4-6-11/h16H,2-8H2,1H3,(H,12,15). The van der Waals surface area contributed by atoms with Crippen LogP contribution >= 0.6 is 24.4 Å². The average Bonchev–Trinajstić information content (AvgIpc) is 2.69. The molecule has 1 aliphatic rings. The fraction of sp³-hybridized carbons (Fsp3) is 0.818. The summed E-state index contributed by atoms with van der Waals surface area (Å²) in [6.07, 6.45) is 6.46. The molecule has 17 heavy (non-hydrogen) atoms. The van der Waals surface area contributed by atoms with Crippen molar-refractivity contribution in [2.45, 2.75) is 37.3 Å². The maximum atomic E-state index is 11.3. The molecule has 1 saturated carbocycles. The third kappa shape index (κ3) is 2.91. The lowest BCUT2D eigenvalue weighted by Gasteiger charge is -2.35. The molecule has 1 aliphatic carbocycles. The Balaban J connectivity index is 2.00. The van der Waals surface area contributed by atoms with Crippen molar-refractivity contribution < 1.29 is 0 Å². The first-order valence-corrected chi connectivity index (χ1v) is 7.64. The second kappa shape index (κ2) is 5.52. The summed E-state index contributed by atoms with van der Waals surface area (Å²) in [4.78, 5) is 11.3. The second-order valence-electron chi connectivity index (χ2n) is 4.88. The summed E-state index contributed by atoms with van der Waals surface area (Å²) in [5.41, 5.74) is 0.192. The number of nitrogens with zero attached hydrogens (tertiary/aromatic N) is 2. The molecule has 0 amide bonds. The highest BCUT2D eigenvalue weighted by Gasteiger charge is 2.31. The summed E-state index contributed by atoms with van der Waals surface area (Å²) in [6.45, 7) is 0. The van der Waals surface area contributed by atoms with Gasteiger partial charge in [-0.3, -0.25) is 4.57 Å². The van der Waals surface area contributed by atoms with Gasteiger partial charge in [0.25, 0.3) is 0 Å². The number of aromatic nitrogens is 3. The molecule has 1 fully saturated rings. The Hall–Kier alpha value is -0.360. The SMILES string of the molecule is Cn1c(SCC2(CS)CCCCC2)n[nH]c1=O. The first-order chi connectivity index (χ1) is 8.17. The van der Waals surface area contributed by atoms with Crippen LogP contribution in [0.4, 0.5) is 0 Å². The lowest BCUT2D eigenvalue weighted by molar-refractivity contribution is 0.258. The summed E-state index contributed by atoms with van der Waals surface area (Å²) in [7, 11) is 1.75. The average molecular weight is 273 g/mol. The monoisotopic (exact) mass is 273 g/mol. The Morgan fingerprint density at radius 2 is 2.18 bits per heavy atom. The highest BCUT2D eigenvalue weighted by Crippen LogP contribution is 2.40. The lowest BCUT2D eigenvalue weighted by Crippen LogP contribution is -2.29. The second-order valence-corrected chi connectivity index (χ2v) is 6.14. The Morgan fingerprint density at radius 1 is 1.47 bits per heavy atom. The van der Waals surface area contributed by atoms with Crippen molar-refractivity contribution in [1.29, 1.82) is 0 Å². The number of aromatic amines is 1. The summed E-state index contributed by atoms with van der Waals surface area (Å²) in [5.74, 6) is 1.94. The van der Waals surface area contributed by atoms with E-state index in [2.05, 4.69) is 22.8 Å². The van der Waals surface area contributed by atoms with E-state index in [1.165, 1.54) is 32.1 Å². The van der Waals surface area contributed by atoms with Crippen LogP contribution in [0.5, 0.6) is 0 Å². The van der Waals surface area contributed by atoms with E-state index >= 15 is 0 Å². The smallest absolute Gasteiger partial charge is 0.273 e. The normalized spacial score (nSPS) is 19.4. The van der Waals surface area contributed by atoms with Crippen LogP contribution in [0.15, 0.2) is 9.95 Å². The first-order valence-electron chi connectivity index (χ1n) is 6.02. The van der Waals surface area contributed by atoms with Crippen molar-refractivity contribution in [3.05, 3.63) is 10.5 Å². The van der Waals surface area contributed by atoms with Gasteiger partial charge < -0.3 is 0 Å². The third-order valence-electron chi connectivity index (χ3n) is 3.60. The van der Waals surface area contributed by atoms with Crippen molar-refractivity contribution in [2.24, 2.45) is 12.5 Å². The van der Waals surface area contributed by atoms with E-state index < -0.39 is 0 Å². The molecule has 1 heterocycles. The number of thioether (sulfide) groups is 1. The Labute approximate surface area is 111 Å². The van der Waals surface area contributed by atoms with Crippen molar-refractivity contribution in [3.63, 3.8) is 0 Å². The minimum absolute atomic E-state index is 0.143. The fourth-order valence-corrected chi connectivity index (χ4v) is 4.12. The highest BCUT2D eigenvalue weighted by atomic mass is 32.2. The van der Waals surface area contributed by atoms with Gasteiger partial charge in [-0.25, -0.2) is 9.89 Å². The summed E-state index contributed by atoms with van der Waals surface area (Å²) in [6, 6.07) is 0. The molecule has 0 unspecified atom stereocenters. The number of nitrogens with one attached hydrogen (secondary N) is 1. The first kappa shape index (κ1) is 13.1. The van der Waals surface area contributed by atoms with Gasteiger partial charge in [0.15, 0.2) is 5.16 Å². The van der Waals surface area contributed by atoms with E-state index in [1.54, 1.807) is 23.4 Å². The van der Waals surface area contributed by atoms with E-state index in [0.717, 1.165) is 16.7 Å². The van der Waals surface area contributed by atoms with E-state index in [0.29, 0.717) is 5.41 Å². The molecule has 0 aromatic carbocycles. The number of hydrogen-bond donors (Lipinski definition) is 2.